The molecule has 5 aromatic rings. The minimum atomic E-state index is -0.348. The summed E-state index contributed by atoms with van der Waals surface area (Å²) in [6.07, 6.45) is 0. The van der Waals surface area contributed by atoms with E-state index in [-0.39, 0.29) is 5.82 Å². The third kappa shape index (κ3) is 5.01. The van der Waals surface area contributed by atoms with Gasteiger partial charge in [0.15, 0.2) is 5.65 Å². The highest BCUT2D eigenvalue weighted by atomic mass is 19.1. The van der Waals surface area contributed by atoms with E-state index in [9.17, 15) is 4.39 Å². The lowest BCUT2D eigenvalue weighted by molar-refractivity contribution is 0.248. The van der Waals surface area contributed by atoms with Crippen LogP contribution in [0.2, 0.25) is 0 Å². The van der Waals surface area contributed by atoms with E-state index in [0.29, 0.717) is 34.1 Å². The number of nitrogens with two attached hydrogens (primary N) is 1. The van der Waals surface area contributed by atoms with Gasteiger partial charge in [0.1, 0.15) is 23.1 Å². The number of hydrogen-bond donors (Lipinski definition) is 1. The predicted octanol–water partition coefficient (Wildman–Crippen LogP) is 4.54. The molecule has 40 heavy (non-hydrogen) atoms. The van der Waals surface area contributed by atoms with Crippen molar-refractivity contribution in [2.45, 2.75) is 6.54 Å². The Hall–Kier alpha value is -4.70. The highest BCUT2D eigenvalue weighted by molar-refractivity contribution is 5.99. The molecule has 9 nitrogen and oxygen atoms in total. The second-order valence-electron chi connectivity index (χ2n) is 9.69. The molecule has 0 amide bonds. The van der Waals surface area contributed by atoms with Crippen molar-refractivity contribution in [3.8, 4) is 28.4 Å². The average Bonchev–Trinajstić information content (AvgIpc) is 3.33. The molecule has 0 atom stereocenters. The lowest BCUT2D eigenvalue weighted by Gasteiger charge is -2.34. The Balaban J connectivity index is 1.32. The Morgan fingerprint density at radius 3 is 2.17 bits per heavy atom. The van der Waals surface area contributed by atoms with Gasteiger partial charge in [-0.2, -0.15) is 4.98 Å². The topological polar surface area (TPSA) is 94.6 Å². The Kier molecular flexibility index (Phi) is 6.91. The molecule has 0 aliphatic carbocycles. The van der Waals surface area contributed by atoms with Crippen molar-refractivity contribution in [1.82, 2.24) is 24.6 Å². The molecule has 0 unspecified atom stereocenters. The zero-order valence-electron chi connectivity index (χ0n) is 22.4. The van der Waals surface area contributed by atoms with Gasteiger partial charge in [0.25, 0.3) is 0 Å². The molecule has 10 heteroatoms. The average molecular weight is 540 g/mol. The van der Waals surface area contributed by atoms with E-state index in [1.165, 1.54) is 17.7 Å². The van der Waals surface area contributed by atoms with Crippen LogP contribution < -0.4 is 20.1 Å². The summed E-state index contributed by atoms with van der Waals surface area (Å²) >= 11 is 0. The van der Waals surface area contributed by atoms with Crippen LogP contribution >= 0.6 is 0 Å². The van der Waals surface area contributed by atoms with Gasteiger partial charge in [0.05, 0.1) is 31.0 Å². The van der Waals surface area contributed by atoms with Crippen molar-refractivity contribution in [2.24, 2.45) is 0 Å². The fraction of sp³-hybridized carbons (Fsp3) is 0.233. The van der Waals surface area contributed by atoms with Crippen LogP contribution in [-0.4, -0.2) is 65.0 Å². The number of halogens is 1. The molecule has 204 valence electrons. The summed E-state index contributed by atoms with van der Waals surface area (Å²) in [6.45, 7) is 4.06. The van der Waals surface area contributed by atoms with Crippen molar-refractivity contribution in [2.75, 3.05) is 51.0 Å². The number of fused-ring (bicyclic) bond motifs is 1. The summed E-state index contributed by atoms with van der Waals surface area (Å²) in [5.41, 5.74) is 10.2. The van der Waals surface area contributed by atoms with Gasteiger partial charge in [-0.25, -0.2) is 14.1 Å². The van der Waals surface area contributed by atoms with Crippen LogP contribution in [-0.2, 0) is 6.54 Å². The molecule has 0 radical (unpaired) electrons. The Bertz CT molecular complexity index is 1630. The molecule has 1 aliphatic heterocycles. The van der Waals surface area contributed by atoms with Gasteiger partial charge >= 0.3 is 0 Å². The summed E-state index contributed by atoms with van der Waals surface area (Å²) in [5, 5.41) is 5.33. The minimum absolute atomic E-state index is 0.348. The van der Waals surface area contributed by atoms with Crippen LogP contribution in [0.5, 0.6) is 11.5 Å². The summed E-state index contributed by atoms with van der Waals surface area (Å²) in [7, 11) is 3.29. The van der Waals surface area contributed by atoms with Crippen molar-refractivity contribution >= 4 is 22.8 Å². The lowest BCUT2D eigenvalue weighted by Crippen LogP contribution is -2.46. The summed E-state index contributed by atoms with van der Waals surface area (Å²) in [5.74, 6) is 2.17. The summed E-state index contributed by atoms with van der Waals surface area (Å²) < 4.78 is 26.5. The predicted molar refractivity (Wildman–Crippen MR) is 154 cm³/mol. The first-order chi connectivity index (χ1) is 19.5. The van der Waals surface area contributed by atoms with E-state index in [1.807, 2.05) is 42.5 Å². The Labute approximate surface area is 231 Å². The van der Waals surface area contributed by atoms with Gasteiger partial charge in [0, 0.05) is 38.3 Å². The summed E-state index contributed by atoms with van der Waals surface area (Å²) in [6, 6.07) is 22.0. The van der Waals surface area contributed by atoms with Gasteiger partial charge < -0.3 is 20.1 Å². The standard InChI is InChI=1S/C30H30FN7O2/c1-39-24-10-6-20(7-11-24)19-36-14-16-37(17-15-36)30-33-27(21-4-3-5-22(31)18-21)26-28(32)38(35-29(26)34-30)23-8-12-25(40-2)13-9-23/h3-13,18H,14-17,19,32H2,1-2H3. The fourth-order valence-corrected chi connectivity index (χ4v) is 5.00. The molecule has 2 aromatic heterocycles. The maximum Gasteiger partial charge on any atom is 0.228 e. The summed E-state index contributed by atoms with van der Waals surface area (Å²) in [4.78, 5) is 14.3. The zero-order chi connectivity index (χ0) is 27.6. The van der Waals surface area contributed by atoms with E-state index in [2.05, 4.69) is 21.9 Å². The first-order valence-corrected chi connectivity index (χ1v) is 13.1. The molecule has 6 rings (SSSR count). The van der Waals surface area contributed by atoms with Crippen molar-refractivity contribution in [1.29, 1.82) is 0 Å². The maximum atomic E-state index is 14.3. The van der Waals surface area contributed by atoms with Crippen LogP contribution in [0.25, 0.3) is 28.0 Å². The molecule has 3 heterocycles. The molecule has 0 saturated carbocycles. The van der Waals surface area contributed by atoms with Crippen molar-refractivity contribution in [3.63, 3.8) is 0 Å². The molecular weight excluding hydrogens is 509 g/mol. The third-order valence-corrected chi connectivity index (χ3v) is 7.19. The smallest absolute Gasteiger partial charge is 0.228 e. The number of piperazine rings is 1. The molecule has 1 saturated heterocycles. The number of rotatable bonds is 7. The number of hydrogen-bond acceptors (Lipinski definition) is 8. The Morgan fingerprint density at radius 1 is 0.850 bits per heavy atom. The second kappa shape index (κ2) is 10.8. The van der Waals surface area contributed by atoms with E-state index in [1.54, 1.807) is 25.0 Å². The number of nitrogen functional groups attached to an aromatic ring is 1. The van der Waals surface area contributed by atoms with E-state index in [4.69, 9.17) is 30.3 Å². The quantitative estimate of drug-likeness (QED) is 0.322. The molecule has 1 fully saturated rings. The van der Waals surface area contributed by atoms with Gasteiger partial charge in [-0.05, 0) is 54.1 Å². The Morgan fingerprint density at radius 2 is 1.52 bits per heavy atom. The van der Waals surface area contributed by atoms with Crippen molar-refractivity contribution < 1.29 is 13.9 Å². The molecule has 3 aromatic carbocycles. The van der Waals surface area contributed by atoms with E-state index < -0.39 is 0 Å². The normalized spacial score (nSPS) is 14.0. The SMILES string of the molecule is COc1ccc(CN2CCN(c3nc(-c4cccc(F)c4)c4c(N)n(-c5ccc(OC)cc5)nc4n3)CC2)cc1. The largest absolute Gasteiger partial charge is 0.497 e. The first-order valence-electron chi connectivity index (χ1n) is 13.1. The van der Waals surface area contributed by atoms with Crippen LogP contribution in [0, 0.1) is 5.82 Å². The molecule has 0 spiro atoms. The van der Waals surface area contributed by atoms with Crippen LogP contribution in [0.3, 0.4) is 0 Å². The maximum absolute atomic E-state index is 14.3. The first kappa shape index (κ1) is 25.6. The van der Waals surface area contributed by atoms with Gasteiger partial charge in [-0.3, -0.25) is 4.90 Å². The monoisotopic (exact) mass is 539 g/mol. The highest BCUT2D eigenvalue weighted by Crippen LogP contribution is 2.34. The van der Waals surface area contributed by atoms with Crippen LogP contribution in [0.15, 0.2) is 72.8 Å². The third-order valence-electron chi connectivity index (χ3n) is 7.19. The molecule has 2 N–H and O–H groups in total. The van der Waals surface area contributed by atoms with E-state index in [0.717, 1.165) is 49.9 Å². The molecule has 0 bridgehead atoms. The van der Waals surface area contributed by atoms with Crippen molar-refractivity contribution in [3.05, 3.63) is 84.2 Å². The number of benzene rings is 3. The lowest BCUT2D eigenvalue weighted by atomic mass is 10.1. The number of anilines is 2. The highest BCUT2D eigenvalue weighted by Gasteiger charge is 2.24. The van der Waals surface area contributed by atoms with Gasteiger partial charge in [0.2, 0.25) is 5.95 Å². The fourth-order valence-electron chi connectivity index (χ4n) is 5.00. The number of methoxy groups -OCH3 is 2. The number of ether oxygens (including phenoxy) is 2. The number of aromatic nitrogens is 4. The van der Waals surface area contributed by atoms with E-state index >= 15 is 0 Å². The minimum Gasteiger partial charge on any atom is -0.497 e. The zero-order valence-corrected chi connectivity index (χ0v) is 22.4. The second-order valence-corrected chi connectivity index (χ2v) is 9.69. The van der Waals surface area contributed by atoms with Crippen LogP contribution in [0.1, 0.15) is 5.56 Å². The van der Waals surface area contributed by atoms with Crippen LogP contribution in [0.4, 0.5) is 16.2 Å². The van der Waals surface area contributed by atoms with Gasteiger partial charge in [-0.15, -0.1) is 5.10 Å². The molecular formula is C30H30FN7O2. The number of nitrogens with zero attached hydrogens (tertiary/aromatic N) is 6. The van der Waals surface area contributed by atoms with Gasteiger partial charge in [-0.1, -0.05) is 24.3 Å². The molecule has 1 aliphatic rings.